The van der Waals surface area contributed by atoms with Gasteiger partial charge in [0.1, 0.15) is 0 Å². The third kappa shape index (κ3) is 4.15. The van der Waals surface area contributed by atoms with Crippen molar-refractivity contribution >= 4 is 35.2 Å². The highest BCUT2D eigenvalue weighted by Crippen LogP contribution is 2.34. The maximum Gasteiger partial charge on any atom is 0.281 e. The molecule has 0 atom stereocenters. The monoisotopic (exact) mass is 442 g/mol. The SMILES string of the molecule is CCCCN(CCCC)c1nc2c(n1C)C(=O)N1CCN=C1N2Cc1ccc(Cl)cc1. The summed E-state index contributed by atoms with van der Waals surface area (Å²) in [6.07, 6.45) is 4.45. The Balaban J connectivity index is 1.74. The molecule has 0 saturated carbocycles. The number of rotatable bonds is 9. The minimum Gasteiger partial charge on any atom is -0.342 e. The van der Waals surface area contributed by atoms with Gasteiger partial charge in [0.15, 0.2) is 11.5 Å². The molecule has 0 spiro atoms. The molecule has 1 aromatic carbocycles. The highest BCUT2D eigenvalue weighted by atomic mass is 35.5. The third-order valence-corrected chi connectivity index (χ3v) is 6.17. The highest BCUT2D eigenvalue weighted by Gasteiger charge is 2.41. The lowest BCUT2D eigenvalue weighted by Gasteiger charge is -2.33. The lowest BCUT2D eigenvalue weighted by Crippen LogP contribution is -2.50. The van der Waals surface area contributed by atoms with Gasteiger partial charge in [-0.25, -0.2) is 0 Å². The first-order valence-corrected chi connectivity index (χ1v) is 11.6. The predicted octanol–water partition coefficient (Wildman–Crippen LogP) is 4.31. The van der Waals surface area contributed by atoms with Gasteiger partial charge in [0.25, 0.3) is 5.91 Å². The van der Waals surface area contributed by atoms with Crippen LogP contribution in [0.25, 0.3) is 0 Å². The summed E-state index contributed by atoms with van der Waals surface area (Å²) < 4.78 is 1.98. The van der Waals surface area contributed by atoms with Crippen molar-refractivity contribution in [3.8, 4) is 0 Å². The van der Waals surface area contributed by atoms with E-state index in [1.165, 1.54) is 0 Å². The van der Waals surface area contributed by atoms with E-state index in [-0.39, 0.29) is 5.91 Å². The minimum absolute atomic E-state index is 0.00853. The fraction of sp³-hybridized carbons (Fsp3) is 0.522. The Morgan fingerprint density at radius 1 is 1.10 bits per heavy atom. The van der Waals surface area contributed by atoms with Crippen molar-refractivity contribution in [3.63, 3.8) is 0 Å². The van der Waals surface area contributed by atoms with Crippen molar-refractivity contribution in [1.82, 2.24) is 14.5 Å². The Bertz CT molecular complexity index is 959. The number of carbonyl (C=O) groups excluding carboxylic acids is 1. The smallest absolute Gasteiger partial charge is 0.281 e. The van der Waals surface area contributed by atoms with Gasteiger partial charge in [-0.15, -0.1) is 0 Å². The van der Waals surface area contributed by atoms with Crippen LogP contribution < -0.4 is 9.80 Å². The number of benzene rings is 1. The number of hydrogen-bond acceptors (Lipinski definition) is 5. The number of fused-ring (bicyclic) bond motifs is 2. The highest BCUT2D eigenvalue weighted by molar-refractivity contribution is 6.30. The maximum atomic E-state index is 13.3. The number of carbonyl (C=O) groups is 1. The third-order valence-electron chi connectivity index (χ3n) is 5.92. The molecule has 2 aliphatic heterocycles. The molecule has 1 aromatic heterocycles. The number of nitrogens with zero attached hydrogens (tertiary/aromatic N) is 6. The normalized spacial score (nSPS) is 15.2. The number of unbranched alkanes of at least 4 members (excludes halogenated alkanes) is 2. The molecular formula is C23H31ClN6O. The average Bonchev–Trinajstić information content (AvgIpc) is 3.38. The van der Waals surface area contributed by atoms with Crippen LogP contribution in [0.2, 0.25) is 5.02 Å². The summed E-state index contributed by atoms with van der Waals surface area (Å²) >= 11 is 6.07. The molecule has 0 aliphatic carbocycles. The van der Waals surface area contributed by atoms with Crippen LogP contribution in [0.4, 0.5) is 11.8 Å². The molecule has 2 aromatic rings. The first kappa shape index (κ1) is 21.7. The first-order valence-electron chi connectivity index (χ1n) is 11.2. The molecule has 166 valence electrons. The number of amides is 1. The van der Waals surface area contributed by atoms with E-state index in [2.05, 4.69) is 28.6 Å². The summed E-state index contributed by atoms with van der Waals surface area (Å²) in [4.78, 5) is 29.2. The fourth-order valence-electron chi connectivity index (χ4n) is 4.19. The van der Waals surface area contributed by atoms with Gasteiger partial charge in [-0.1, -0.05) is 50.4 Å². The minimum atomic E-state index is -0.00853. The molecule has 3 heterocycles. The van der Waals surface area contributed by atoms with Gasteiger partial charge in [0.05, 0.1) is 13.1 Å². The van der Waals surface area contributed by atoms with E-state index in [1.807, 2.05) is 35.9 Å². The molecule has 31 heavy (non-hydrogen) atoms. The zero-order valence-corrected chi connectivity index (χ0v) is 19.4. The number of guanidine groups is 1. The van der Waals surface area contributed by atoms with Crippen LogP contribution in [-0.2, 0) is 13.6 Å². The van der Waals surface area contributed by atoms with Crippen molar-refractivity contribution in [2.45, 2.75) is 46.1 Å². The number of imidazole rings is 1. The molecule has 0 N–H and O–H groups in total. The van der Waals surface area contributed by atoms with E-state index in [0.717, 1.165) is 50.3 Å². The largest absolute Gasteiger partial charge is 0.342 e. The molecule has 0 bridgehead atoms. The maximum absolute atomic E-state index is 13.3. The van der Waals surface area contributed by atoms with E-state index in [1.54, 1.807) is 4.90 Å². The molecule has 0 fully saturated rings. The Labute approximate surface area is 189 Å². The number of hydrogen-bond donors (Lipinski definition) is 0. The number of aliphatic imine (C=N–C) groups is 1. The van der Waals surface area contributed by atoms with E-state index in [9.17, 15) is 4.79 Å². The van der Waals surface area contributed by atoms with Crippen LogP contribution in [0.15, 0.2) is 29.3 Å². The number of halogens is 1. The van der Waals surface area contributed by atoms with E-state index < -0.39 is 0 Å². The van der Waals surface area contributed by atoms with Gasteiger partial charge < -0.3 is 9.47 Å². The topological polar surface area (TPSA) is 57.0 Å². The Kier molecular flexibility index (Phi) is 6.51. The molecule has 4 rings (SSSR count). The van der Waals surface area contributed by atoms with Gasteiger partial charge in [-0.05, 0) is 30.5 Å². The summed E-state index contributed by atoms with van der Waals surface area (Å²) in [5.41, 5.74) is 1.74. The molecule has 0 unspecified atom stereocenters. The van der Waals surface area contributed by atoms with Crippen LogP contribution in [0, 0.1) is 0 Å². The second-order valence-corrected chi connectivity index (χ2v) is 8.62. The Morgan fingerprint density at radius 2 is 1.77 bits per heavy atom. The second kappa shape index (κ2) is 9.30. The molecule has 0 saturated heterocycles. The summed E-state index contributed by atoms with van der Waals surface area (Å²) in [5.74, 6) is 2.26. The van der Waals surface area contributed by atoms with Crippen molar-refractivity contribution < 1.29 is 4.79 Å². The van der Waals surface area contributed by atoms with E-state index in [4.69, 9.17) is 16.6 Å². The lowest BCUT2D eigenvalue weighted by molar-refractivity contribution is 0.0842. The average molecular weight is 443 g/mol. The van der Waals surface area contributed by atoms with Crippen molar-refractivity contribution in [1.29, 1.82) is 0 Å². The standard InChI is InChI=1S/C23H31ClN6O/c1-4-6-13-28(14-7-5-2)23-26-20-19(27(23)3)21(31)29-15-12-25-22(29)30(20)16-17-8-10-18(24)11-9-17/h8-11H,4-7,12-16H2,1-3H3. The van der Waals surface area contributed by atoms with Crippen LogP contribution in [0.3, 0.4) is 0 Å². The quantitative estimate of drug-likeness (QED) is 0.580. The lowest BCUT2D eigenvalue weighted by atomic mass is 10.2. The van der Waals surface area contributed by atoms with Gasteiger partial charge in [-0.3, -0.25) is 19.6 Å². The number of aromatic nitrogens is 2. The van der Waals surface area contributed by atoms with Crippen LogP contribution in [0.5, 0.6) is 0 Å². The predicted molar refractivity (Wildman–Crippen MR) is 126 cm³/mol. The van der Waals surface area contributed by atoms with Crippen molar-refractivity contribution in [3.05, 3.63) is 40.5 Å². The van der Waals surface area contributed by atoms with Crippen LogP contribution >= 0.6 is 11.6 Å². The molecular weight excluding hydrogens is 412 g/mol. The second-order valence-electron chi connectivity index (χ2n) is 8.19. The Morgan fingerprint density at radius 3 is 2.42 bits per heavy atom. The Hall–Kier alpha value is -2.54. The summed E-state index contributed by atoms with van der Waals surface area (Å²) in [6.45, 7) is 8.11. The molecule has 7 nitrogen and oxygen atoms in total. The fourth-order valence-corrected chi connectivity index (χ4v) is 4.32. The summed E-state index contributed by atoms with van der Waals surface area (Å²) in [7, 11) is 1.96. The van der Waals surface area contributed by atoms with E-state index in [0.29, 0.717) is 42.1 Å². The van der Waals surface area contributed by atoms with Gasteiger partial charge >= 0.3 is 0 Å². The zero-order valence-electron chi connectivity index (χ0n) is 18.6. The van der Waals surface area contributed by atoms with Crippen LogP contribution in [-0.4, -0.2) is 52.5 Å². The summed E-state index contributed by atoms with van der Waals surface area (Å²) in [5, 5.41) is 0.709. The summed E-state index contributed by atoms with van der Waals surface area (Å²) in [6, 6.07) is 7.80. The van der Waals surface area contributed by atoms with Gasteiger partial charge in [0, 0.05) is 31.7 Å². The molecule has 8 heteroatoms. The first-order chi connectivity index (χ1) is 15.0. The van der Waals surface area contributed by atoms with Crippen molar-refractivity contribution in [2.75, 3.05) is 36.0 Å². The van der Waals surface area contributed by atoms with Gasteiger partial charge in [-0.2, -0.15) is 4.98 Å². The molecule has 1 amide bonds. The van der Waals surface area contributed by atoms with E-state index >= 15 is 0 Å². The molecule has 0 radical (unpaired) electrons. The molecule has 2 aliphatic rings. The number of anilines is 2. The van der Waals surface area contributed by atoms with Crippen LogP contribution in [0.1, 0.15) is 55.6 Å². The zero-order chi connectivity index (χ0) is 22.0. The van der Waals surface area contributed by atoms with Crippen molar-refractivity contribution in [2.24, 2.45) is 12.0 Å². The van der Waals surface area contributed by atoms with Gasteiger partial charge in [0.2, 0.25) is 11.9 Å².